The minimum absolute atomic E-state index is 0.240. The number of carbonyl (C=O) groups excluding carboxylic acids is 1. The van der Waals surface area contributed by atoms with Gasteiger partial charge in [0.25, 0.3) is 0 Å². The lowest BCUT2D eigenvalue weighted by molar-refractivity contribution is -0.105. The van der Waals surface area contributed by atoms with E-state index < -0.39 is 0 Å². The van der Waals surface area contributed by atoms with Gasteiger partial charge in [-0.25, -0.2) is 4.98 Å². The van der Waals surface area contributed by atoms with Crippen molar-refractivity contribution in [1.82, 2.24) is 15.3 Å². The van der Waals surface area contributed by atoms with Gasteiger partial charge in [0.1, 0.15) is 5.82 Å². The molecule has 3 rings (SSSR count). The molecule has 25 heavy (non-hydrogen) atoms. The molecule has 1 aromatic carbocycles. The van der Waals surface area contributed by atoms with Crippen LogP contribution in [0.1, 0.15) is 48.5 Å². The number of nitrogen functional groups attached to an aromatic ring is 1. The molecule has 1 aromatic heterocycles. The van der Waals surface area contributed by atoms with E-state index in [1.54, 1.807) is 6.20 Å². The van der Waals surface area contributed by atoms with Gasteiger partial charge < -0.3 is 16.4 Å². The molecule has 1 aliphatic rings. The first-order chi connectivity index (χ1) is 12.2. The Morgan fingerprint density at radius 2 is 2.20 bits per heavy atom. The number of nitrogens with zero attached hydrogens (tertiary/aromatic N) is 2. The largest absolute Gasteiger partial charge is 0.382 e. The van der Waals surface area contributed by atoms with E-state index in [-0.39, 0.29) is 6.04 Å². The Morgan fingerprint density at radius 1 is 1.36 bits per heavy atom. The summed E-state index contributed by atoms with van der Waals surface area (Å²) in [5.74, 6) is 1.30. The van der Waals surface area contributed by atoms with Gasteiger partial charge >= 0.3 is 0 Å². The first-order valence-corrected chi connectivity index (χ1v) is 8.76. The zero-order valence-corrected chi connectivity index (χ0v) is 14.5. The van der Waals surface area contributed by atoms with E-state index in [1.165, 1.54) is 25.5 Å². The summed E-state index contributed by atoms with van der Waals surface area (Å²) in [7, 11) is 1.97. The first kappa shape index (κ1) is 17.4. The number of hydrogen-bond acceptors (Lipinski definition) is 5. The summed E-state index contributed by atoms with van der Waals surface area (Å²) in [5.41, 5.74) is 9.53. The van der Waals surface area contributed by atoms with Gasteiger partial charge in [0.05, 0.1) is 11.9 Å². The third-order valence-electron chi connectivity index (χ3n) is 4.70. The quantitative estimate of drug-likeness (QED) is 0.611. The Kier molecular flexibility index (Phi) is 5.60. The average Bonchev–Trinajstić information content (AvgIpc) is 3.41. The van der Waals surface area contributed by atoms with Crippen LogP contribution in [-0.2, 0) is 11.2 Å². The average molecular weight is 339 g/mol. The molecule has 4 N–H and O–H groups in total. The van der Waals surface area contributed by atoms with Crippen LogP contribution in [0.4, 0.5) is 11.5 Å². The Balaban J connectivity index is 1.79. The Hall–Kier alpha value is -2.47. The van der Waals surface area contributed by atoms with Gasteiger partial charge in [-0.15, -0.1) is 0 Å². The molecule has 1 aliphatic carbocycles. The van der Waals surface area contributed by atoms with Crippen LogP contribution in [0, 0.1) is 5.92 Å². The number of amides is 1. The van der Waals surface area contributed by atoms with Crippen molar-refractivity contribution in [2.45, 2.75) is 38.1 Å². The highest BCUT2D eigenvalue weighted by Gasteiger charge is 2.23. The fourth-order valence-corrected chi connectivity index (χ4v) is 3.19. The predicted octanol–water partition coefficient (Wildman–Crippen LogP) is 2.67. The lowest BCUT2D eigenvalue weighted by Crippen LogP contribution is -2.18. The maximum absolute atomic E-state index is 11.1. The maximum Gasteiger partial charge on any atom is 0.211 e. The summed E-state index contributed by atoms with van der Waals surface area (Å²) < 4.78 is 0. The van der Waals surface area contributed by atoms with E-state index in [1.807, 2.05) is 13.1 Å². The molecule has 1 amide bonds. The number of nitrogens with two attached hydrogens (primary N) is 1. The summed E-state index contributed by atoms with van der Waals surface area (Å²) in [6, 6.07) is 6.42. The first-order valence-electron chi connectivity index (χ1n) is 8.76. The van der Waals surface area contributed by atoms with Gasteiger partial charge in [-0.3, -0.25) is 9.78 Å². The number of aromatic nitrogens is 2. The van der Waals surface area contributed by atoms with Crippen molar-refractivity contribution in [3.05, 3.63) is 47.4 Å². The number of anilines is 2. The Bertz CT molecular complexity index is 730. The molecule has 0 spiro atoms. The normalized spacial score (nSPS) is 14.9. The monoisotopic (exact) mass is 339 g/mol. The summed E-state index contributed by atoms with van der Waals surface area (Å²) in [6.45, 7) is 0. The molecule has 1 unspecified atom stereocenters. The van der Waals surface area contributed by atoms with E-state index in [4.69, 9.17) is 5.73 Å². The molecular formula is C19H25N5O. The molecule has 0 radical (unpaired) electrons. The molecule has 0 bridgehead atoms. The van der Waals surface area contributed by atoms with Crippen LogP contribution in [0.2, 0.25) is 0 Å². The van der Waals surface area contributed by atoms with E-state index >= 15 is 0 Å². The van der Waals surface area contributed by atoms with Gasteiger partial charge in [-0.05, 0) is 43.0 Å². The highest BCUT2D eigenvalue weighted by molar-refractivity contribution is 5.74. The molecule has 1 saturated carbocycles. The van der Waals surface area contributed by atoms with Crippen LogP contribution >= 0.6 is 0 Å². The van der Waals surface area contributed by atoms with Crippen molar-refractivity contribution >= 4 is 17.9 Å². The van der Waals surface area contributed by atoms with Gasteiger partial charge in [-0.1, -0.05) is 25.0 Å². The molecule has 132 valence electrons. The third kappa shape index (κ3) is 4.76. The molecule has 1 heterocycles. The van der Waals surface area contributed by atoms with Gasteiger partial charge in [0.15, 0.2) is 0 Å². The molecule has 1 fully saturated rings. The van der Waals surface area contributed by atoms with Crippen LogP contribution in [0.5, 0.6) is 0 Å². The number of hydrogen-bond donors (Lipinski definition) is 3. The van der Waals surface area contributed by atoms with Crippen LogP contribution in [0.25, 0.3) is 0 Å². The lowest BCUT2D eigenvalue weighted by atomic mass is 9.96. The SMILES string of the molecule is CNC(CCC1CC1)c1ccc(Cc2cncc(N)n2)cc1NC=O. The highest BCUT2D eigenvalue weighted by Crippen LogP contribution is 2.37. The molecule has 2 aromatic rings. The van der Waals surface area contributed by atoms with Crippen molar-refractivity contribution in [1.29, 1.82) is 0 Å². The minimum Gasteiger partial charge on any atom is -0.382 e. The number of rotatable bonds is 9. The molecule has 6 heteroatoms. The minimum atomic E-state index is 0.240. The topological polar surface area (TPSA) is 92.9 Å². The van der Waals surface area contributed by atoms with Crippen LogP contribution in [-0.4, -0.2) is 23.4 Å². The predicted molar refractivity (Wildman–Crippen MR) is 99.1 cm³/mol. The smallest absolute Gasteiger partial charge is 0.211 e. The zero-order valence-electron chi connectivity index (χ0n) is 14.5. The molecule has 6 nitrogen and oxygen atoms in total. The van der Waals surface area contributed by atoms with Crippen molar-refractivity contribution < 1.29 is 4.79 Å². The van der Waals surface area contributed by atoms with Gasteiger partial charge in [0, 0.05) is 24.3 Å². The second kappa shape index (κ2) is 8.07. The number of benzene rings is 1. The Morgan fingerprint density at radius 3 is 2.88 bits per heavy atom. The molecule has 0 aliphatic heterocycles. The lowest BCUT2D eigenvalue weighted by Gasteiger charge is -2.20. The summed E-state index contributed by atoms with van der Waals surface area (Å²) in [5, 5.41) is 6.23. The van der Waals surface area contributed by atoms with Crippen molar-refractivity contribution in [2.75, 3.05) is 18.1 Å². The summed E-state index contributed by atoms with van der Waals surface area (Å²) >= 11 is 0. The number of carbonyl (C=O) groups is 1. The third-order valence-corrected chi connectivity index (χ3v) is 4.70. The van der Waals surface area contributed by atoms with E-state index in [0.717, 1.165) is 41.3 Å². The van der Waals surface area contributed by atoms with Crippen LogP contribution < -0.4 is 16.4 Å². The molecule has 0 saturated heterocycles. The van der Waals surface area contributed by atoms with Gasteiger partial charge in [0.2, 0.25) is 6.41 Å². The van der Waals surface area contributed by atoms with E-state index in [9.17, 15) is 4.79 Å². The fraction of sp³-hybridized carbons (Fsp3) is 0.421. The van der Waals surface area contributed by atoms with E-state index in [2.05, 4.69) is 32.7 Å². The second-order valence-corrected chi connectivity index (χ2v) is 6.66. The zero-order chi connectivity index (χ0) is 17.6. The summed E-state index contributed by atoms with van der Waals surface area (Å²) in [6.07, 6.45) is 9.62. The number of nitrogens with one attached hydrogen (secondary N) is 2. The molecular weight excluding hydrogens is 314 g/mol. The van der Waals surface area contributed by atoms with E-state index in [0.29, 0.717) is 12.2 Å². The summed E-state index contributed by atoms with van der Waals surface area (Å²) in [4.78, 5) is 19.4. The maximum atomic E-state index is 11.1. The van der Waals surface area contributed by atoms with Crippen molar-refractivity contribution in [3.8, 4) is 0 Å². The van der Waals surface area contributed by atoms with Gasteiger partial charge in [-0.2, -0.15) is 0 Å². The van der Waals surface area contributed by atoms with Crippen LogP contribution in [0.3, 0.4) is 0 Å². The second-order valence-electron chi connectivity index (χ2n) is 6.66. The highest BCUT2D eigenvalue weighted by atomic mass is 16.1. The Labute approximate surface area is 148 Å². The fourth-order valence-electron chi connectivity index (χ4n) is 3.19. The molecule has 1 atom stereocenters. The standard InChI is InChI=1S/C19H25N5O/c1-21-17(7-5-13-2-3-13)16-6-4-14(9-18(16)23-12-25)8-15-10-22-11-19(20)24-15/h4,6,9-13,17,21H,2-3,5,7-8H2,1H3,(H2,20,24)(H,23,25). The van der Waals surface area contributed by atoms with Crippen LogP contribution in [0.15, 0.2) is 30.6 Å². The van der Waals surface area contributed by atoms with Crippen molar-refractivity contribution in [3.63, 3.8) is 0 Å². The van der Waals surface area contributed by atoms with Crippen molar-refractivity contribution in [2.24, 2.45) is 5.92 Å².